The Kier molecular flexibility index (Phi) is 14.5. The average molecular weight is 768 g/mol. The fourth-order valence-electron chi connectivity index (χ4n) is 10.1. The highest BCUT2D eigenvalue weighted by molar-refractivity contribution is 7.83. The molecule has 53 heavy (non-hydrogen) atoms. The van der Waals surface area contributed by atoms with E-state index in [1.807, 2.05) is 18.2 Å². The molecule has 2 aromatic rings. The summed E-state index contributed by atoms with van der Waals surface area (Å²) in [7, 11) is 1.82. The number of nitrogens with zero attached hydrogens (tertiary/aromatic N) is 3. The summed E-state index contributed by atoms with van der Waals surface area (Å²) in [6.45, 7) is 10.6. The van der Waals surface area contributed by atoms with Gasteiger partial charge < -0.3 is 14.7 Å². The third kappa shape index (κ3) is 9.41. The first kappa shape index (κ1) is 40.4. The number of piperidine rings is 1. The Hall–Kier alpha value is -2.27. The van der Waals surface area contributed by atoms with Crippen LogP contribution in [0.1, 0.15) is 92.6 Å². The minimum Gasteiger partial charge on any atom is -0.490 e. The average Bonchev–Trinajstić information content (AvgIpc) is 3.33. The van der Waals surface area contributed by atoms with Gasteiger partial charge in [0, 0.05) is 73.7 Å². The lowest BCUT2D eigenvalue weighted by atomic mass is 9.65. The van der Waals surface area contributed by atoms with Crippen molar-refractivity contribution in [1.29, 1.82) is 0 Å². The molecule has 0 bridgehead atoms. The van der Waals surface area contributed by atoms with E-state index in [2.05, 4.69) is 56.7 Å². The number of hydrogen-bond acceptors (Lipinski definition) is 7. The number of allylic oxidation sites excluding steroid dienone is 1. The van der Waals surface area contributed by atoms with E-state index in [4.69, 9.17) is 21.4 Å². The van der Waals surface area contributed by atoms with E-state index in [1.165, 1.54) is 62.9 Å². The van der Waals surface area contributed by atoms with Crippen LogP contribution in [0, 0.1) is 17.8 Å². The lowest BCUT2D eigenvalue weighted by Crippen LogP contribution is -2.56. The van der Waals surface area contributed by atoms with Crippen LogP contribution in [0.15, 0.2) is 48.6 Å². The number of rotatable bonds is 13. The van der Waals surface area contributed by atoms with E-state index < -0.39 is 11.0 Å². The van der Waals surface area contributed by atoms with Gasteiger partial charge in [-0.25, -0.2) is 8.93 Å². The molecule has 10 heteroatoms. The summed E-state index contributed by atoms with van der Waals surface area (Å²) < 4.78 is 22.2. The number of fused-ring (bicyclic) bond motifs is 4. The highest BCUT2D eigenvalue weighted by Gasteiger charge is 2.44. The molecule has 3 aliphatic heterocycles. The second kappa shape index (κ2) is 19.1. The quantitative estimate of drug-likeness (QED) is 0.167. The first-order chi connectivity index (χ1) is 25.9. The molecule has 5 aliphatic rings. The number of benzene rings is 2. The monoisotopic (exact) mass is 766 g/mol. The number of hydrogen-bond donors (Lipinski definition) is 2. The molecule has 8 nitrogen and oxygen atoms in total. The minimum atomic E-state index is -0.981. The summed E-state index contributed by atoms with van der Waals surface area (Å²) >= 11 is 6.50. The Morgan fingerprint density at radius 1 is 1.09 bits per heavy atom. The Labute approximate surface area is 326 Å². The number of carbonyl (C=O) groups excluding carboxylic acids is 1. The first-order valence-corrected chi connectivity index (χ1v) is 21.9. The van der Waals surface area contributed by atoms with Crippen LogP contribution in [0.3, 0.4) is 0 Å². The summed E-state index contributed by atoms with van der Waals surface area (Å²) in [6.07, 6.45) is 18.5. The molecule has 6 unspecified atom stereocenters. The number of carbonyl (C=O) groups is 1. The van der Waals surface area contributed by atoms with Gasteiger partial charge >= 0.3 is 0 Å². The molecule has 292 valence electrons. The number of anilines is 1. The van der Waals surface area contributed by atoms with Crippen molar-refractivity contribution < 1.29 is 18.8 Å². The van der Waals surface area contributed by atoms with E-state index in [1.54, 1.807) is 7.05 Å². The molecule has 7 rings (SSSR count). The van der Waals surface area contributed by atoms with Gasteiger partial charge in [0.2, 0.25) is 0 Å². The number of ether oxygens (including phenoxy) is 1. The number of piperazine rings is 1. The molecule has 2 aliphatic carbocycles. The normalized spacial score (nSPS) is 27.6. The van der Waals surface area contributed by atoms with Crippen molar-refractivity contribution in [3.63, 3.8) is 0 Å². The van der Waals surface area contributed by atoms with Crippen molar-refractivity contribution >= 4 is 34.6 Å². The maximum Gasteiger partial charge on any atom is 0.150 e. The molecule has 1 spiro atoms. The molecule has 0 radical (unpaired) electrons. The zero-order chi connectivity index (χ0) is 37.4. The zero-order valence-electron chi connectivity index (χ0n) is 32.3. The molecule has 0 amide bonds. The lowest BCUT2D eigenvalue weighted by Gasteiger charge is -2.48. The van der Waals surface area contributed by atoms with Crippen LogP contribution in [0.25, 0.3) is 0 Å². The Morgan fingerprint density at radius 3 is 2.74 bits per heavy atom. The van der Waals surface area contributed by atoms with Crippen molar-refractivity contribution in [1.82, 2.24) is 14.5 Å². The molecule has 0 aromatic heterocycles. The first-order valence-electron chi connectivity index (χ1n) is 20.3. The molecule has 7 atom stereocenters. The second-order valence-electron chi connectivity index (χ2n) is 16.1. The van der Waals surface area contributed by atoms with Crippen LogP contribution in [0.5, 0.6) is 5.75 Å². The number of aryl methyl sites for hydroxylation is 1. The third-order valence-corrected chi connectivity index (χ3v) is 14.9. The fraction of sp³-hybridized carbons (Fsp3) is 0.651. The SMILES string of the molecule is CCC(CC/C=C/C(CN1CCN2CCCCC2C1)C1CCC1CN1C[C@@]2(CCCc3cc(Cl)ccc32)COc2ccc(C=O)cc21)S(=O)NC.CO. The maximum absolute atomic E-state index is 12.5. The van der Waals surface area contributed by atoms with Crippen molar-refractivity contribution in [2.24, 2.45) is 17.8 Å². The van der Waals surface area contributed by atoms with Crippen molar-refractivity contribution in [2.45, 2.75) is 94.3 Å². The molecule has 1 saturated carbocycles. The highest BCUT2D eigenvalue weighted by Crippen LogP contribution is 2.47. The standard InChI is InChI=1S/C42H59ClN4O3S.CH4O/c1-3-37(51(49)44-2)12-5-4-9-33(25-45-21-22-46-20-7-6-11-36(46)27-45)38-16-14-34(38)26-47-29-42(19-8-10-32-24-35(43)15-17-39(32)42)30-50-41-18-13-31(28-48)23-40(41)47;1-2/h4,9,13,15,17-18,23-24,28,33-34,36-38,44H,3,5-8,10-12,14,16,19-22,25-27,29-30H2,1-2H3;2H,1H3/b9-4+;/t33?,34?,36?,37?,38?,42-,51?;/m0./s1. The summed E-state index contributed by atoms with van der Waals surface area (Å²) in [4.78, 5) is 20.1. The third-order valence-electron chi connectivity index (χ3n) is 13.1. The summed E-state index contributed by atoms with van der Waals surface area (Å²) in [6, 6.07) is 13.1. The van der Waals surface area contributed by atoms with Crippen molar-refractivity contribution in [2.75, 3.05) is 71.5 Å². The van der Waals surface area contributed by atoms with Crippen molar-refractivity contribution in [3.05, 3.63) is 70.3 Å². The van der Waals surface area contributed by atoms with Crippen LogP contribution < -0.4 is 14.4 Å². The molecule has 2 aromatic carbocycles. The molecule has 3 heterocycles. The fourth-order valence-corrected chi connectivity index (χ4v) is 11.3. The summed E-state index contributed by atoms with van der Waals surface area (Å²) in [5, 5.41) is 7.99. The van der Waals surface area contributed by atoms with Crippen LogP contribution in [-0.2, 0) is 22.8 Å². The number of aliphatic hydroxyl groups excluding tert-OH is 1. The van der Waals surface area contributed by atoms with Crippen LogP contribution in [0.4, 0.5) is 5.69 Å². The van der Waals surface area contributed by atoms with E-state index in [0.717, 1.165) is 94.6 Å². The van der Waals surface area contributed by atoms with E-state index in [-0.39, 0.29) is 10.7 Å². The van der Waals surface area contributed by atoms with Gasteiger partial charge in [0.25, 0.3) is 0 Å². The van der Waals surface area contributed by atoms with Gasteiger partial charge in [-0.1, -0.05) is 43.2 Å². The number of halogens is 1. The number of aldehydes is 1. The van der Waals surface area contributed by atoms with Gasteiger partial charge in [0.05, 0.1) is 23.3 Å². The molecular weight excluding hydrogens is 704 g/mol. The van der Waals surface area contributed by atoms with Gasteiger partial charge in [0.1, 0.15) is 12.0 Å². The van der Waals surface area contributed by atoms with Crippen molar-refractivity contribution in [3.8, 4) is 5.75 Å². The topological polar surface area (TPSA) is 85.4 Å². The lowest BCUT2D eigenvalue weighted by molar-refractivity contribution is 0.0282. The highest BCUT2D eigenvalue weighted by atomic mass is 35.5. The van der Waals surface area contributed by atoms with Gasteiger partial charge in [-0.15, -0.1) is 0 Å². The van der Waals surface area contributed by atoms with Crippen LogP contribution in [-0.4, -0.2) is 103 Å². The minimum absolute atomic E-state index is 0.125. The van der Waals surface area contributed by atoms with E-state index in [9.17, 15) is 9.00 Å². The zero-order valence-corrected chi connectivity index (χ0v) is 33.9. The smallest absolute Gasteiger partial charge is 0.150 e. The Bertz CT molecular complexity index is 1570. The Morgan fingerprint density at radius 2 is 1.96 bits per heavy atom. The predicted octanol–water partition coefficient (Wildman–Crippen LogP) is 7.04. The van der Waals surface area contributed by atoms with Gasteiger partial charge in [-0.3, -0.25) is 14.6 Å². The summed E-state index contributed by atoms with van der Waals surface area (Å²) in [5.41, 5.74) is 4.37. The molecular formula is C43H63ClN4O4S. The predicted molar refractivity (Wildman–Crippen MR) is 219 cm³/mol. The number of nitrogens with one attached hydrogen (secondary N) is 1. The van der Waals surface area contributed by atoms with Crippen LogP contribution >= 0.6 is 11.6 Å². The van der Waals surface area contributed by atoms with E-state index in [0.29, 0.717) is 36.0 Å². The molecule has 2 saturated heterocycles. The number of aliphatic hydroxyl groups is 1. The molecule has 3 fully saturated rings. The van der Waals surface area contributed by atoms with Gasteiger partial charge in [-0.2, -0.15) is 0 Å². The van der Waals surface area contributed by atoms with E-state index >= 15 is 0 Å². The second-order valence-corrected chi connectivity index (χ2v) is 18.2. The van der Waals surface area contributed by atoms with Gasteiger partial charge in [-0.05, 0) is 137 Å². The van der Waals surface area contributed by atoms with Crippen LogP contribution in [0.2, 0.25) is 5.02 Å². The maximum atomic E-state index is 12.5. The van der Waals surface area contributed by atoms with Gasteiger partial charge in [0.15, 0.2) is 0 Å². The Balaban J connectivity index is 0.00000236. The largest absolute Gasteiger partial charge is 0.490 e. The summed E-state index contributed by atoms with van der Waals surface area (Å²) in [5.74, 6) is 2.55. The molecule has 2 N–H and O–H groups in total.